The molecule has 4 nitrogen and oxygen atoms in total. The normalized spacial score (nSPS) is 13.8. The van der Waals surface area contributed by atoms with E-state index < -0.39 is 0 Å². The lowest BCUT2D eigenvalue weighted by atomic mass is 9.55. The van der Waals surface area contributed by atoms with Gasteiger partial charge < -0.3 is 9.23 Å². The van der Waals surface area contributed by atoms with Crippen LogP contribution in [0.3, 0.4) is 0 Å². The van der Waals surface area contributed by atoms with Crippen LogP contribution >= 0.6 is 0 Å². The molecule has 4 heterocycles. The standard InChI is InChI=1S/C17H17BN3O/c1-12-6-7-16(20(2)10-12)18-9-14-13-5-4-8-19-17(13)22-15(14)11-21(18)3/h4-11H,1-3H3/q+1. The highest BCUT2D eigenvalue weighted by atomic mass is 16.3. The molecule has 4 rings (SSSR count). The molecule has 3 aromatic rings. The summed E-state index contributed by atoms with van der Waals surface area (Å²) in [5.74, 6) is 2.26. The molecule has 0 radical (unpaired) electrons. The molecule has 0 fully saturated rings. The Morgan fingerprint density at radius 2 is 2.14 bits per heavy atom. The second kappa shape index (κ2) is 4.73. The fraction of sp³-hybridized carbons (Fsp3) is 0.176. The van der Waals surface area contributed by atoms with E-state index in [0.29, 0.717) is 5.71 Å². The summed E-state index contributed by atoms with van der Waals surface area (Å²) in [6, 6.07) is 8.35. The van der Waals surface area contributed by atoms with Gasteiger partial charge in [-0.1, -0.05) is 5.98 Å². The van der Waals surface area contributed by atoms with E-state index in [1.54, 1.807) is 6.20 Å². The van der Waals surface area contributed by atoms with E-state index in [1.807, 2.05) is 6.07 Å². The van der Waals surface area contributed by atoms with E-state index in [2.05, 4.69) is 72.0 Å². The van der Waals surface area contributed by atoms with Gasteiger partial charge in [0.1, 0.15) is 7.05 Å². The van der Waals surface area contributed by atoms with E-state index in [4.69, 9.17) is 4.42 Å². The van der Waals surface area contributed by atoms with Gasteiger partial charge in [0, 0.05) is 28.6 Å². The van der Waals surface area contributed by atoms with Gasteiger partial charge in [-0.2, -0.15) is 0 Å². The zero-order valence-corrected chi connectivity index (χ0v) is 12.9. The van der Waals surface area contributed by atoms with Crippen molar-refractivity contribution in [1.82, 2.24) is 9.79 Å². The van der Waals surface area contributed by atoms with E-state index in [-0.39, 0.29) is 6.85 Å². The number of hydrogen-bond acceptors (Lipinski definition) is 3. The largest absolute Gasteiger partial charge is 0.436 e. The zero-order chi connectivity index (χ0) is 15.3. The first-order valence-electron chi connectivity index (χ1n) is 7.39. The first-order chi connectivity index (χ1) is 10.6. The lowest BCUT2D eigenvalue weighted by Crippen LogP contribution is -2.60. The van der Waals surface area contributed by atoms with Gasteiger partial charge in [0.05, 0.1) is 0 Å². The fourth-order valence-electron chi connectivity index (χ4n) is 3.14. The van der Waals surface area contributed by atoms with Gasteiger partial charge in [-0.25, -0.2) is 9.55 Å². The van der Waals surface area contributed by atoms with Crippen LogP contribution in [0.15, 0.2) is 41.1 Å². The van der Waals surface area contributed by atoms with E-state index in [1.165, 1.54) is 11.2 Å². The molecule has 0 atom stereocenters. The second-order valence-electron chi connectivity index (χ2n) is 5.88. The van der Waals surface area contributed by atoms with Crippen molar-refractivity contribution in [1.29, 1.82) is 0 Å². The van der Waals surface area contributed by atoms with Crippen LogP contribution in [-0.2, 0) is 7.05 Å². The van der Waals surface area contributed by atoms with Crippen LogP contribution in [0.1, 0.15) is 5.56 Å². The Morgan fingerprint density at radius 1 is 1.27 bits per heavy atom. The van der Waals surface area contributed by atoms with Crippen molar-refractivity contribution in [3.8, 4) is 0 Å². The highest BCUT2D eigenvalue weighted by Crippen LogP contribution is 2.06. The number of hydrogen-bond donors (Lipinski definition) is 0. The van der Waals surface area contributed by atoms with Crippen LogP contribution in [0, 0.1) is 6.92 Å². The third-order valence-electron chi connectivity index (χ3n) is 4.24. The zero-order valence-electron chi connectivity index (χ0n) is 12.9. The molecule has 0 spiro atoms. The third kappa shape index (κ3) is 1.93. The molecule has 22 heavy (non-hydrogen) atoms. The highest BCUT2D eigenvalue weighted by molar-refractivity contribution is 6.82. The molecule has 0 unspecified atom stereocenters. The second-order valence-corrected chi connectivity index (χ2v) is 5.88. The molecular weight excluding hydrogens is 273 g/mol. The topological polar surface area (TPSA) is 33.2 Å². The number of aryl methyl sites for hydroxylation is 2. The molecule has 0 saturated carbocycles. The lowest BCUT2D eigenvalue weighted by Gasteiger charge is -2.20. The average molecular weight is 290 g/mol. The fourth-order valence-corrected chi connectivity index (χ4v) is 3.14. The van der Waals surface area contributed by atoms with Crippen molar-refractivity contribution in [3.63, 3.8) is 0 Å². The maximum atomic E-state index is 5.85. The van der Waals surface area contributed by atoms with Gasteiger partial charge in [-0.3, -0.25) is 0 Å². The molecule has 1 aliphatic heterocycles. The van der Waals surface area contributed by atoms with Crippen molar-refractivity contribution < 1.29 is 8.98 Å². The Kier molecular flexibility index (Phi) is 2.82. The maximum absolute atomic E-state index is 5.85. The van der Waals surface area contributed by atoms with Crippen LogP contribution < -0.4 is 20.8 Å². The Morgan fingerprint density at radius 3 is 2.95 bits per heavy atom. The summed E-state index contributed by atoms with van der Waals surface area (Å²) in [4.78, 5) is 6.48. The summed E-state index contributed by atoms with van der Waals surface area (Å²) >= 11 is 0. The minimum Gasteiger partial charge on any atom is -0.436 e. The molecule has 0 N–H and O–H groups in total. The SMILES string of the molecule is Cc1ccc(B2C=c3c(oc4ncccc34)=CN2C)[n+](C)c1. The van der Waals surface area contributed by atoms with Crippen molar-refractivity contribution in [3.05, 3.63) is 52.9 Å². The molecule has 0 aromatic carbocycles. The van der Waals surface area contributed by atoms with Gasteiger partial charge in [0.2, 0.25) is 5.71 Å². The molecule has 0 saturated heterocycles. The molecule has 3 aromatic heterocycles. The van der Waals surface area contributed by atoms with Crippen LogP contribution in [0.5, 0.6) is 0 Å². The van der Waals surface area contributed by atoms with Crippen LogP contribution in [0.2, 0.25) is 0 Å². The summed E-state index contributed by atoms with van der Waals surface area (Å²) in [6.07, 6.45) is 5.97. The predicted octanol–water partition coefficient (Wildman–Crippen LogP) is -0.137. The number of fused-ring (bicyclic) bond motifs is 3. The summed E-state index contributed by atoms with van der Waals surface area (Å²) in [7, 11) is 4.17. The summed E-state index contributed by atoms with van der Waals surface area (Å²) in [5.41, 5.74) is 4.07. The number of pyridine rings is 2. The molecule has 5 heteroatoms. The quantitative estimate of drug-likeness (QED) is 0.462. The van der Waals surface area contributed by atoms with Crippen molar-refractivity contribution in [2.75, 3.05) is 7.05 Å². The lowest BCUT2D eigenvalue weighted by molar-refractivity contribution is -0.654. The summed E-state index contributed by atoms with van der Waals surface area (Å²) in [5, 5.41) is 2.20. The number of aromatic nitrogens is 2. The van der Waals surface area contributed by atoms with Crippen LogP contribution in [-0.4, -0.2) is 23.7 Å². The number of rotatable bonds is 1. The van der Waals surface area contributed by atoms with Gasteiger partial charge in [0.25, 0.3) is 0 Å². The van der Waals surface area contributed by atoms with Crippen molar-refractivity contribution in [2.45, 2.75) is 6.92 Å². The summed E-state index contributed by atoms with van der Waals surface area (Å²) < 4.78 is 8.03. The van der Waals surface area contributed by atoms with Crippen molar-refractivity contribution in [2.24, 2.45) is 7.05 Å². The van der Waals surface area contributed by atoms with Crippen LogP contribution in [0.25, 0.3) is 23.3 Å². The minimum atomic E-state index is 0.180. The smallest absolute Gasteiger partial charge is 0.396 e. The van der Waals surface area contributed by atoms with E-state index in [9.17, 15) is 0 Å². The maximum Gasteiger partial charge on any atom is 0.396 e. The van der Waals surface area contributed by atoms with Gasteiger partial charge in [-0.15, -0.1) is 0 Å². The Bertz CT molecular complexity index is 993. The highest BCUT2D eigenvalue weighted by Gasteiger charge is 2.30. The average Bonchev–Trinajstić information content (AvgIpc) is 2.84. The third-order valence-corrected chi connectivity index (χ3v) is 4.24. The molecule has 0 aliphatic carbocycles. The monoisotopic (exact) mass is 290 g/mol. The van der Waals surface area contributed by atoms with Crippen LogP contribution in [0.4, 0.5) is 0 Å². The first kappa shape index (κ1) is 13.1. The van der Waals surface area contributed by atoms with E-state index in [0.717, 1.165) is 16.0 Å². The Labute approximate surface area is 129 Å². The van der Waals surface area contributed by atoms with Gasteiger partial charge in [0.15, 0.2) is 17.2 Å². The van der Waals surface area contributed by atoms with E-state index >= 15 is 0 Å². The molecule has 108 valence electrons. The Balaban J connectivity index is 1.96. The first-order valence-corrected chi connectivity index (χ1v) is 7.39. The molecular formula is C17H17BN3O+. The Hall–Kier alpha value is -2.56. The minimum absolute atomic E-state index is 0.180. The number of furan rings is 1. The number of nitrogens with zero attached hydrogens (tertiary/aromatic N) is 3. The molecule has 0 bridgehead atoms. The van der Waals surface area contributed by atoms with Gasteiger partial charge in [-0.05, 0) is 38.2 Å². The molecule has 0 amide bonds. The van der Waals surface area contributed by atoms with Gasteiger partial charge >= 0.3 is 6.85 Å². The summed E-state index contributed by atoms with van der Waals surface area (Å²) in [6.45, 7) is 2.29. The molecule has 1 aliphatic rings. The predicted molar refractivity (Wildman–Crippen MR) is 87.7 cm³/mol. The van der Waals surface area contributed by atoms with Crippen molar-refractivity contribution >= 4 is 35.7 Å².